The maximum atomic E-state index is 11.9. The van der Waals surface area contributed by atoms with E-state index in [0.717, 1.165) is 57.8 Å². The van der Waals surface area contributed by atoms with E-state index in [4.69, 9.17) is 9.84 Å². The highest BCUT2D eigenvalue weighted by atomic mass is 16.5. The van der Waals surface area contributed by atoms with Crippen molar-refractivity contribution >= 4 is 11.9 Å². The number of hydrogen-bond donors (Lipinski definition) is 1. The molecule has 0 fully saturated rings. The highest BCUT2D eigenvalue weighted by molar-refractivity contribution is 5.69. The van der Waals surface area contributed by atoms with Crippen molar-refractivity contribution < 1.29 is 19.4 Å². The van der Waals surface area contributed by atoms with Crippen LogP contribution in [0, 0.1) is 0 Å². The number of rotatable bonds is 18. The van der Waals surface area contributed by atoms with Crippen molar-refractivity contribution in [3.63, 3.8) is 0 Å². The minimum Gasteiger partial charge on any atom is -0.481 e. The highest BCUT2D eigenvalue weighted by Crippen LogP contribution is 2.17. The summed E-state index contributed by atoms with van der Waals surface area (Å²) in [5, 5.41) is 8.65. The molecule has 0 aromatic rings. The maximum absolute atomic E-state index is 11.9. The third-order valence-electron chi connectivity index (χ3n) is 4.58. The van der Waals surface area contributed by atoms with Crippen LogP contribution in [-0.4, -0.2) is 23.1 Å². The number of aliphatic carboxylic acids is 1. The zero-order valence-corrected chi connectivity index (χ0v) is 16.6. The monoisotopic (exact) mass is 356 g/mol. The SMILES string of the molecule is CCCCCCCCC(CCCCCCC(=O)O)OC(=O)CCCC. The van der Waals surface area contributed by atoms with Crippen LogP contribution in [0.2, 0.25) is 0 Å². The molecule has 0 heterocycles. The van der Waals surface area contributed by atoms with Crippen LogP contribution in [0.5, 0.6) is 0 Å². The second-order valence-electron chi connectivity index (χ2n) is 7.12. The molecule has 4 nitrogen and oxygen atoms in total. The fourth-order valence-electron chi connectivity index (χ4n) is 2.98. The molecule has 25 heavy (non-hydrogen) atoms. The molecule has 0 spiro atoms. The van der Waals surface area contributed by atoms with Crippen LogP contribution < -0.4 is 0 Å². The van der Waals surface area contributed by atoms with Gasteiger partial charge in [-0.05, 0) is 38.5 Å². The summed E-state index contributed by atoms with van der Waals surface area (Å²) in [4.78, 5) is 22.4. The Hall–Kier alpha value is -1.06. The fraction of sp³-hybridized carbons (Fsp3) is 0.905. The molecule has 0 amide bonds. The van der Waals surface area contributed by atoms with Gasteiger partial charge in [0.15, 0.2) is 0 Å². The average molecular weight is 357 g/mol. The van der Waals surface area contributed by atoms with Crippen molar-refractivity contribution in [3.05, 3.63) is 0 Å². The molecule has 0 aromatic carbocycles. The van der Waals surface area contributed by atoms with Gasteiger partial charge >= 0.3 is 11.9 Å². The van der Waals surface area contributed by atoms with Crippen molar-refractivity contribution in [2.75, 3.05) is 0 Å². The summed E-state index contributed by atoms with van der Waals surface area (Å²) in [6, 6.07) is 0. The van der Waals surface area contributed by atoms with Crippen LogP contribution in [0.25, 0.3) is 0 Å². The van der Waals surface area contributed by atoms with E-state index in [2.05, 4.69) is 13.8 Å². The normalized spacial score (nSPS) is 12.1. The van der Waals surface area contributed by atoms with Crippen LogP contribution in [0.3, 0.4) is 0 Å². The first kappa shape index (κ1) is 23.9. The number of hydrogen-bond acceptors (Lipinski definition) is 3. The molecule has 148 valence electrons. The molecule has 4 heteroatoms. The molecular formula is C21H40O4. The molecule has 1 unspecified atom stereocenters. The van der Waals surface area contributed by atoms with E-state index in [1.54, 1.807) is 0 Å². The third kappa shape index (κ3) is 17.6. The molecule has 0 aliphatic rings. The summed E-state index contributed by atoms with van der Waals surface area (Å²) in [6.07, 6.45) is 15.9. The fourth-order valence-corrected chi connectivity index (χ4v) is 2.98. The second-order valence-corrected chi connectivity index (χ2v) is 7.12. The van der Waals surface area contributed by atoms with Gasteiger partial charge in [-0.2, -0.15) is 0 Å². The molecule has 0 aliphatic carbocycles. The van der Waals surface area contributed by atoms with Gasteiger partial charge in [0.1, 0.15) is 6.10 Å². The number of carbonyl (C=O) groups excluding carboxylic acids is 1. The van der Waals surface area contributed by atoms with Gasteiger partial charge in [0.2, 0.25) is 0 Å². The van der Waals surface area contributed by atoms with Gasteiger partial charge < -0.3 is 9.84 Å². The van der Waals surface area contributed by atoms with Crippen molar-refractivity contribution in [2.24, 2.45) is 0 Å². The van der Waals surface area contributed by atoms with Gasteiger partial charge in [0, 0.05) is 12.8 Å². The molecule has 1 N–H and O–H groups in total. The van der Waals surface area contributed by atoms with E-state index >= 15 is 0 Å². The Balaban J connectivity index is 3.97. The van der Waals surface area contributed by atoms with Gasteiger partial charge in [-0.15, -0.1) is 0 Å². The Bertz CT molecular complexity index is 328. The predicted molar refractivity (Wildman–Crippen MR) is 103 cm³/mol. The van der Waals surface area contributed by atoms with Crippen molar-refractivity contribution in [1.29, 1.82) is 0 Å². The first-order chi connectivity index (χ1) is 12.1. The zero-order chi connectivity index (χ0) is 18.8. The average Bonchev–Trinajstić information content (AvgIpc) is 2.58. The van der Waals surface area contributed by atoms with Gasteiger partial charge in [-0.3, -0.25) is 9.59 Å². The van der Waals surface area contributed by atoms with Crippen LogP contribution in [0.4, 0.5) is 0 Å². The molecule has 0 radical (unpaired) electrons. The first-order valence-corrected chi connectivity index (χ1v) is 10.5. The van der Waals surface area contributed by atoms with Gasteiger partial charge in [-0.25, -0.2) is 0 Å². The Morgan fingerprint density at radius 1 is 0.720 bits per heavy atom. The number of unbranched alkanes of at least 4 members (excludes halogenated alkanes) is 9. The quantitative estimate of drug-likeness (QED) is 0.232. The molecule has 0 saturated heterocycles. The lowest BCUT2D eigenvalue weighted by Crippen LogP contribution is -2.18. The third-order valence-corrected chi connectivity index (χ3v) is 4.58. The summed E-state index contributed by atoms with van der Waals surface area (Å²) in [5.74, 6) is -0.769. The maximum Gasteiger partial charge on any atom is 0.306 e. The summed E-state index contributed by atoms with van der Waals surface area (Å²) in [6.45, 7) is 4.31. The van der Waals surface area contributed by atoms with Gasteiger partial charge in [0.25, 0.3) is 0 Å². The number of ether oxygens (including phenoxy) is 1. The number of carbonyl (C=O) groups is 2. The second kappa shape index (κ2) is 17.8. The molecule has 0 aliphatic heterocycles. The van der Waals surface area contributed by atoms with Crippen LogP contribution >= 0.6 is 0 Å². The summed E-state index contributed by atoms with van der Waals surface area (Å²) >= 11 is 0. The van der Waals surface area contributed by atoms with Crippen molar-refractivity contribution in [1.82, 2.24) is 0 Å². The van der Waals surface area contributed by atoms with Gasteiger partial charge in [0.05, 0.1) is 0 Å². The number of carboxylic acid groups (broad SMARTS) is 1. The molecule has 0 aromatic heterocycles. The zero-order valence-electron chi connectivity index (χ0n) is 16.6. The lowest BCUT2D eigenvalue weighted by molar-refractivity contribution is -0.150. The Labute approximate surface area is 154 Å². The van der Waals surface area contributed by atoms with Crippen LogP contribution in [0.1, 0.15) is 117 Å². The van der Waals surface area contributed by atoms with E-state index in [-0.39, 0.29) is 18.5 Å². The molecule has 0 bridgehead atoms. The molecule has 1 atom stereocenters. The van der Waals surface area contributed by atoms with Crippen molar-refractivity contribution in [3.8, 4) is 0 Å². The first-order valence-electron chi connectivity index (χ1n) is 10.5. The van der Waals surface area contributed by atoms with Crippen molar-refractivity contribution in [2.45, 2.75) is 123 Å². The number of carboxylic acids is 1. The summed E-state index contributed by atoms with van der Waals surface area (Å²) in [5.41, 5.74) is 0. The highest BCUT2D eigenvalue weighted by Gasteiger charge is 2.14. The van der Waals surface area contributed by atoms with E-state index < -0.39 is 5.97 Å². The van der Waals surface area contributed by atoms with E-state index in [1.807, 2.05) is 0 Å². The lowest BCUT2D eigenvalue weighted by atomic mass is 10.0. The minimum atomic E-state index is -0.717. The Kier molecular flexibility index (Phi) is 17.0. The summed E-state index contributed by atoms with van der Waals surface area (Å²) < 4.78 is 5.69. The minimum absolute atomic E-state index is 0.0509. The molecule has 0 saturated carbocycles. The topological polar surface area (TPSA) is 63.6 Å². The smallest absolute Gasteiger partial charge is 0.306 e. The largest absolute Gasteiger partial charge is 0.481 e. The molecule has 0 rings (SSSR count). The number of esters is 1. The standard InChI is InChI=1S/C21H40O4/c1-3-5-7-8-9-12-15-19(25-21(24)18-6-4-2)16-13-10-11-14-17-20(22)23/h19H,3-18H2,1-2H3,(H,22,23). The van der Waals surface area contributed by atoms with E-state index in [0.29, 0.717) is 6.42 Å². The van der Waals surface area contributed by atoms with E-state index in [9.17, 15) is 9.59 Å². The summed E-state index contributed by atoms with van der Waals surface area (Å²) in [7, 11) is 0. The lowest BCUT2D eigenvalue weighted by Gasteiger charge is -2.18. The van der Waals surface area contributed by atoms with Crippen LogP contribution in [-0.2, 0) is 14.3 Å². The predicted octanol–water partition coefficient (Wildman–Crippen LogP) is 6.26. The molecular weight excluding hydrogens is 316 g/mol. The van der Waals surface area contributed by atoms with E-state index in [1.165, 1.54) is 32.1 Å². The van der Waals surface area contributed by atoms with Crippen LogP contribution in [0.15, 0.2) is 0 Å². The Morgan fingerprint density at radius 2 is 1.24 bits per heavy atom. The Morgan fingerprint density at radius 3 is 1.80 bits per heavy atom. The van der Waals surface area contributed by atoms with Gasteiger partial charge in [-0.1, -0.05) is 65.2 Å².